The summed E-state index contributed by atoms with van der Waals surface area (Å²) in [4.78, 5) is 28.9. The second-order valence-corrected chi connectivity index (χ2v) is 10.4. The van der Waals surface area contributed by atoms with Crippen molar-refractivity contribution < 1.29 is 24.2 Å². The lowest BCUT2D eigenvalue weighted by Gasteiger charge is -2.25. The summed E-state index contributed by atoms with van der Waals surface area (Å²) in [5.41, 5.74) is 3.45. The fourth-order valence-corrected chi connectivity index (χ4v) is 4.65. The molecule has 38 heavy (non-hydrogen) atoms. The van der Waals surface area contributed by atoms with Crippen LogP contribution in [0.25, 0.3) is 22.0 Å². The highest BCUT2D eigenvalue weighted by atomic mass is 35.5. The molecule has 0 atom stereocenters. The molecular formula is C29H25ClFN3O4. The Balaban J connectivity index is 1.59. The Morgan fingerprint density at radius 2 is 1.76 bits per heavy atom. The van der Waals surface area contributed by atoms with Crippen LogP contribution in [0.15, 0.2) is 60.8 Å². The van der Waals surface area contributed by atoms with Crippen molar-refractivity contribution in [3.8, 4) is 16.9 Å². The Morgan fingerprint density at radius 1 is 1.05 bits per heavy atom. The van der Waals surface area contributed by atoms with E-state index >= 15 is 0 Å². The number of hydrogen-bond donors (Lipinski definition) is 4. The third kappa shape index (κ3) is 4.99. The summed E-state index contributed by atoms with van der Waals surface area (Å²) in [5.74, 6) is -1.47. The van der Waals surface area contributed by atoms with E-state index in [0.717, 1.165) is 18.4 Å². The van der Waals surface area contributed by atoms with Gasteiger partial charge in [0.2, 0.25) is 0 Å². The molecule has 0 radical (unpaired) electrons. The largest absolute Gasteiger partial charge is 0.504 e. The number of phenolic OH excluding ortho intramolecular Hbond substituents is 1. The van der Waals surface area contributed by atoms with Gasteiger partial charge in [-0.05, 0) is 79.8 Å². The molecule has 1 aliphatic carbocycles. The molecule has 3 aromatic carbocycles. The predicted molar refractivity (Wildman–Crippen MR) is 145 cm³/mol. The van der Waals surface area contributed by atoms with E-state index in [2.05, 4.69) is 15.6 Å². The minimum atomic E-state index is -1.12. The van der Waals surface area contributed by atoms with E-state index in [0.29, 0.717) is 39.0 Å². The normalized spacial score (nSPS) is 13.4. The third-order valence-electron chi connectivity index (χ3n) is 6.73. The quantitative estimate of drug-likeness (QED) is 0.186. The number of carboxylic acid groups (broad SMARTS) is 1. The van der Waals surface area contributed by atoms with Gasteiger partial charge in [0.25, 0.3) is 0 Å². The van der Waals surface area contributed by atoms with Gasteiger partial charge in [-0.2, -0.15) is 0 Å². The summed E-state index contributed by atoms with van der Waals surface area (Å²) in [7, 11) is 0. The minimum absolute atomic E-state index is 0.00874. The van der Waals surface area contributed by atoms with Gasteiger partial charge in [-0.25, -0.2) is 9.18 Å². The number of fused-ring (bicyclic) bond motifs is 1. The lowest BCUT2D eigenvalue weighted by Crippen LogP contribution is -2.39. The number of hydrogen-bond acceptors (Lipinski definition) is 5. The van der Waals surface area contributed by atoms with Gasteiger partial charge >= 0.3 is 6.09 Å². The van der Waals surface area contributed by atoms with Gasteiger partial charge in [0.1, 0.15) is 0 Å². The zero-order valence-electron chi connectivity index (χ0n) is 20.7. The number of phenols is 1. The highest BCUT2D eigenvalue weighted by Gasteiger charge is 2.32. The van der Waals surface area contributed by atoms with Crippen molar-refractivity contribution in [3.05, 3.63) is 82.8 Å². The van der Waals surface area contributed by atoms with Gasteiger partial charge in [-0.3, -0.25) is 9.78 Å². The predicted octanol–water partition coefficient (Wildman–Crippen LogP) is 7.24. The summed E-state index contributed by atoms with van der Waals surface area (Å²) >= 11 is 6.01. The zero-order chi connectivity index (χ0) is 27.2. The van der Waals surface area contributed by atoms with Crippen LogP contribution in [0.2, 0.25) is 5.02 Å². The molecule has 0 aliphatic heterocycles. The number of ketones is 1. The smallest absolute Gasteiger partial charge is 0.405 e. The van der Waals surface area contributed by atoms with Gasteiger partial charge in [0, 0.05) is 23.2 Å². The Kier molecular flexibility index (Phi) is 6.44. The summed E-state index contributed by atoms with van der Waals surface area (Å²) in [6.45, 7) is 3.54. The number of halogens is 2. The minimum Gasteiger partial charge on any atom is -0.504 e. The third-order valence-corrected chi connectivity index (χ3v) is 7.02. The average Bonchev–Trinajstić information content (AvgIpc) is 3.72. The Hall–Kier alpha value is -4.17. The number of amides is 1. The van der Waals surface area contributed by atoms with Gasteiger partial charge in [-0.15, -0.1) is 0 Å². The van der Waals surface area contributed by atoms with Crippen molar-refractivity contribution in [3.63, 3.8) is 0 Å². The first-order valence-corrected chi connectivity index (χ1v) is 12.5. The van der Waals surface area contributed by atoms with Crippen LogP contribution in [0.3, 0.4) is 0 Å². The Bertz CT molecular complexity index is 1560. The van der Waals surface area contributed by atoms with Crippen molar-refractivity contribution >= 4 is 45.8 Å². The van der Waals surface area contributed by atoms with Crippen molar-refractivity contribution in [1.29, 1.82) is 0 Å². The van der Waals surface area contributed by atoms with Crippen molar-refractivity contribution in [2.24, 2.45) is 5.92 Å². The molecule has 0 unspecified atom stereocenters. The van der Waals surface area contributed by atoms with E-state index in [4.69, 9.17) is 16.7 Å². The number of Topliss-reactive ketones (excluding diaryl/α,β-unsaturated/α-hetero) is 1. The van der Waals surface area contributed by atoms with E-state index in [-0.39, 0.29) is 16.7 Å². The first-order chi connectivity index (χ1) is 18.0. The topological polar surface area (TPSA) is 112 Å². The van der Waals surface area contributed by atoms with Gasteiger partial charge in [0.15, 0.2) is 17.3 Å². The summed E-state index contributed by atoms with van der Waals surface area (Å²) in [6, 6.07) is 15.3. The molecule has 1 heterocycles. The lowest BCUT2D eigenvalue weighted by molar-refractivity contribution is 0.0968. The number of pyridine rings is 1. The Morgan fingerprint density at radius 3 is 2.39 bits per heavy atom. The number of nitrogens with zero attached hydrogens (tertiary/aromatic N) is 1. The molecule has 1 aromatic heterocycles. The molecule has 1 fully saturated rings. The number of carbonyl (C=O) groups is 2. The van der Waals surface area contributed by atoms with E-state index in [9.17, 15) is 19.1 Å². The molecular weight excluding hydrogens is 509 g/mol. The maximum Gasteiger partial charge on any atom is 0.405 e. The van der Waals surface area contributed by atoms with Crippen LogP contribution in [-0.4, -0.2) is 27.1 Å². The Labute approximate surface area is 223 Å². The number of aromatic nitrogens is 1. The van der Waals surface area contributed by atoms with E-state index < -0.39 is 23.2 Å². The van der Waals surface area contributed by atoms with E-state index in [1.54, 1.807) is 32.2 Å². The first kappa shape index (κ1) is 25.5. The fourth-order valence-electron chi connectivity index (χ4n) is 4.45. The molecule has 4 aromatic rings. The molecule has 4 N–H and O–H groups in total. The second kappa shape index (κ2) is 9.61. The molecule has 7 nitrogen and oxygen atoms in total. The van der Waals surface area contributed by atoms with E-state index in [1.807, 2.05) is 30.3 Å². The highest BCUT2D eigenvalue weighted by molar-refractivity contribution is 6.32. The standard InChI is InChI=1S/C29H25ClFN3O4/c1-29(2,34-28(37)38)18-6-8-19(9-7-18)33-25-20-11-16(17-12-22(30)27(36)23(31)13-17)5-10-24(20)32-14-21(25)26(35)15-3-4-15/h5-15,34,36H,3-4H2,1-2H3,(H,32,33)(H,37,38). The number of aromatic hydroxyl groups is 1. The van der Waals surface area contributed by atoms with Crippen LogP contribution in [0.4, 0.5) is 20.6 Å². The van der Waals surface area contributed by atoms with Crippen LogP contribution >= 0.6 is 11.6 Å². The number of anilines is 2. The molecule has 0 bridgehead atoms. The molecule has 5 rings (SSSR count). The van der Waals surface area contributed by atoms with E-state index in [1.165, 1.54) is 12.1 Å². The van der Waals surface area contributed by atoms with Crippen LogP contribution in [-0.2, 0) is 5.54 Å². The highest BCUT2D eigenvalue weighted by Crippen LogP contribution is 2.39. The first-order valence-electron chi connectivity index (χ1n) is 12.1. The van der Waals surface area contributed by atoms with Gasteiger partial charge in [0.05, 0.1) is 27.3 Å². The maximum absolute atomic E-state index is 14.2. The summed E-state index contributed by atoms with van der Waals surface area (Å²) in [6.07, 6.45) is 2.13. The monoisotopic (exact) mass is 533 g/mol. The van der Waals surface area contributed by atoms with Crippen molar-refractivity contribution in [1.82, 2.24) is 10.3 Å². The average molecular weight is 534 g/mol. The summed E-state index contributed by atoms with van der Waals surface area (Å²) < 4.78 is 14.2. The molecule has 1 aliphatic rings. The van der Waals surface area contributed by atoms with Gasteiger partial charge in [-0.1, -0.05) is 29.8 Å². The second-order valence-electron chi connectivity index (χ2n) is 9.96. The van der Waals surface area contributed by atoms with Crippen molar-refractivity contribution in [2.45, 2.75) is 32.2 Å². The molecule has 1 saturated carbocycles. The van der Waals surface area contributed by atoms with Crippen LogP contribution in [0, 0.1) is 11.7 Å². The number of benzene rings is 3. The molecule has 194 valence electrons. The van der Waals surface area contributed by atoms with Crippen LogP contribution < -0.4 is 10.6 Å². The fraction of sp³-hybridized carbons (Fsp3) is 0.207. The maximum atomic E-state index is 14.2. The van der Waals surface area contributed by atoms with Gasteiger partial charge < -0.3 is 20.8 Å². The lowest BCUT2D eigenvalue weighted by atomic mass is 9.94. The number of carbonyl (C=O) groups excluding carboxylic acids is 1. The van der Waals surface area contributed by atoms with Crippen LogP contribution in [0.1, 0.15) is 42.6 Å². The van der Waals surface area contributed by atoms with Crippen LogP contribution in [0.5, 0.6) is 5.75 Å². The number of rotatable bonds is 7. The zero-order valence-corrected chi connectivity index (χ0v) is 21.4. The summed E-state index contributed by atoms with van der Waals surface area (Å²) in [5, 5.41) is 25.3. The van der Waals surface area contributed by atoms with Crippen molar-refractivity contribution in [2.75, 3.05) is 5.32 Å². The number of nitrogens with one attached hydrogen (secondary N) is 2. The molecule has 1 amide bonds. The molecule has 0 saturated heterocycles. The molecule has 0 spiro atoms. The SMILES string of the molecule is CC(C)(NC(=O)O)c1ccc(Nc2c(C(=O)C3CC3)cnc3ccc(-c4cc(F)c(O)c(Cl)c4)cc23)cc1. The molecule has 9 heteroatoms.